The minimum Gasteiger partial charge on any atom is -0.493 e. The zero-order chi connectivity index (χ0) is 18.4. The van der Waals surface area contributed by atoms with Crippen molar-refractivity contribution in [1.29, 1.82) is 0 Å². The minimum atomic E-state index is -0.756. The molecule has 0 spiro atoms. The molecule has 0 saturated heterocycles. The predicted octanol–water partition coefficient (Wildman–Crippen LogP) is 3.28. The molecule has 0 radical (unpaired) electrons. The van der Waals surface area contributed by atoms with Gasteiger partial charge >= 0.3 is 5.69 Å². The number of nitro groups is 2. The molecule has 0 bridgehead atoms. The van der Waals surface area contributed by atoms with E-state index in [9.17, 15) is 20.2 Å². The fourth-order valence-corrected chi connectivity index (χ4v) is 1.93. The number of rotatable bonds is 7. The van der Waals surface area contributed by atoms with Gasteiger partial charge in [-0.1, -0.05) is 5.16 Å². The molecule has 2 aromatic rings. The topological polar surface area (TPSA) is 126 Å². The van der Waals surface area contributed by atoms with E-state index in [2.05, 4.69) is 9.99 Å². The Balaban J connectivity index is 2.40. The fourth-order valence-electron chi connectivity index (χ4n) is 1.93. The summed E-state index contributed by atoms with van der Waals surface area (Å²) in [5.74, 6) is 0.355. The maximum Gasteiger partial charge on any atom is 0.318 e. The largest absolute Gasteiger partial charge is 0.493 e. The molecule has 0 aliphatic carbocycles. The van der Waals surface area contributed by atoms with E-state index in [0.29, 0.717) is 11.3 Å². The van der Waals surface area contributed by atoms with Crippen LogP contribution in [0.2, 0.25) is 0 Å². The highest BCUT2D eigenvalue weighted by Gasteiger charge is 2.22. The fraction of sp³-hybridized carbons (Fsp3) is 0.133. The molecule has 2 rings (SSSR count). The molecule has 0 heterocycles. The van der Waals surface area contributed by atoms with E-state index < -0.39 is 21.2 Å². The van der Waals surface area contributed by atoms with E-state index >= 15 is 0 Å². The zero-order valence-electron chi connectivity index (χ0n) is 13.2. The van der Waals surface area contributed by atoms with E-state index in [-0.39, 0.29) is 11.5 Å². The third-order valence-electron chi connectivity index (χ3n) is 3.06. The van der Waals surface area contributed by atoms with Gasteiger partial charge in [0.25, 0.3) is 5.69 Å². The van der Waals surface area contributed by atoms with E-state index in [1.54, 1.807) is 12.1 Å². The summed E-state index contributed by atoms with van der Waals surface area (Å²) < 4.78 is 10.7. The van der Waals surface area contributed by atoms with Gasteiger partial charge in [0.15, 0.2) is 11.5 Å². The summed E-state index contributed by atoms with van der Waals surface area (Å²) in [4.78, 5) is 25.0. The average molecular weight is 347 g/mol. The lowest BCUT2D eigenvalue weighted by Gasteiger charge is -2.11. The van der Waals surface area contributed by atoms with Crippen LogP contribution in [0, 0.1) is 20.2 Å². The molecular weight excluding hydrogens is 334 g/mol. The molecule has 0 unspecified atom stereocenters. The summed E-state index contributed by atoms with van der Waals surface area (Å²) in [5, 5.41) is 25.5. The maximum atomic E-state index is 11.2. The summed E-state index contributed by atoms with van der Waals surface area (Å²) in [7, 11) is 2.81. The highest BCUT2D eigenvalue weighted by molar-refractivity contribution is 5.80. The lowest BCUT2D eigenvalue weighted by Crippen LogP contribution is -1.97. The van der Waals surface area contributed by atoms with Crippen molar-refractivity contribution >= 4 is 17.6 Å². The smallest absolute Gasteiger partial charge is 0.318 e. The lowest BCUT2D eigenvalue weighted by molar-refractivity contribution is -0.394. The van der Waals surface area contributed by atoms with Crippen molar-refractivity contribution in [2.45, 2.75) is 0 Å². The first-order valence-corrected chi connectivity index (χ1v) is 6.81. The average Bonchev–Trinajstić information content (AvgIpc) is 2.60. The standard InChI is InChI=1S/C15H13N3O7/c1-23-15-7-10(9-16-24-2)3-5-14(15)25-13-6-4-11(17(19)20)8-12(13)18(21)22/h3-9H,1-2H3/b16-9+. The Bertz CT molecular complexity index is 836. The Morgan fingerprint density at radius 1 is 0.960 bits per heavy atom. The van der Waals surface area contributed by atoms with E-state index in [1.807, 2.05) is 0 Å². The summed E-state index contributed by atoms with van der Waals surface area (Å²) in [6.45, 7) is 0. The third-order valence-corrected chi connectivity index (χ3v) is 3.06. The summed E-state index contributed by atoms with van der Waals surface area (Å²) in [6, 6.07) is 7.87. The molecule has 0 aliphatic heterocycles. The van der Waals surface area contributed by atoms with Gasteiger partial charge in [0.1, 0.15) is 7.11 Å². The second-order valence-corrected chi connectivity index (χ2v) is 4.60. The molecule has 0 saturated carbocycles. The number of methoxy groups -OCH3 is 1. The first kappa shape index (κ1) is 17.7. The van der Waals surface area contributed by atoms with Gasteiger partial charge in [-0.05, 0) is 24.3 Å². The number of nitrogens with zero attached hydrogens (tertiary/aromatic N) is 3. The van der Waals surface area contributed by atoms with Gasteiger partial charge < -0.3 is 14.3 Å². The molecule has 2 aromatic carbocycles. The number of non-ortho nitro benzene ring substituents is 1. The molecule has 0 aliphatic rings. The summed E-state index contributed by atoms with van der Waals surface area (Å²) in [6.07, 6.45) is 1.45. The number of hydrogen-bond acceptors (Lipinski definition) is 8. The molecule has 130 valence electrons. The zero-order valence-corrected chi connectivity index (χ0v) is 13.2. The molecule has 10 nitrogen and oxygen atoms in total. The minimum absolute atomic E-state index is 0.146. The van der Waals surface area contributed by atoms with Gasteiger partial charge in [-0.3, -0.25) is 20.2 Å². The Morgan fingerprint density at radius 2 is 1.68 bits per heavy atom. The third kappa shape index (κ3) is 4.19. The number of nitro benzene ring substituents is 2. The number of ether oxygens (including phenoxy) is 2. The molecule has 0 N–H and O–H groups in total. The second kappa shape index (κ2) is 7.73. The number of oxime groups is 1. The molecule has 0 atom stereocenters. The maximum absolute atomic E-state index is 11.2. The second-order valence-electron chi connectivity index (χ2n) is 4.60. The lowest BCUT2D eigenvalue weighted by atomic mass is 10.2. The van der Waals surface area contributed by atoms with Gasteiger partial charge in [-0.25, -0.2) is 0 Å². The van der Waals surface area contributed by atoms with Gasteiger partial charge in [0, 0.05) is 11.6 Å². The van der Waals surface area contributed by atoms with Crippen LogP contribution in [0.3, 0.4) is 0 Å². The highest BCUT2D eigenvalue weighted by atomic mass is 16.6. The van der Waals surface area contributed by atoms with Crippen LogP contribution in [0.25, 0.3) is 0 Å². The van der Waals surface area contributed by atoms with E-state index in [0.717, 1.165) is 18.2 Å². The van der Waals surface area contributed by atoms with Gasteiger partial charge in [-0.2, -0.15) is 0 Å². The quantitative estimate of drug-likeness (QED) is 0.427. The molecule has 0 amide bonds. The van der Waals surface area contributed by atoms with Gasteiger partial charge in [0.2, 0.25) is 5.75 Å². The van der Waals surface area contributed by atoms with Crippen LogP contribution in [-0.4, -0.2) is 30.3 Å². The van der Waals surface area contributed by atoms with Crippen LogP contribution >= 0.6 is 0 Å². The van der Waals surface area contributed by atoms with E-state index in [1.165, 1.54) is 26.5 Å². The van der Waals surface area contributed by atoms with Crippen LogP contribution in [0.15, 0.2) is 41.6 Å². The molecule has 0 aromatic heterocycles. The molecule has 0 fully saturated rings. The van der Waals surface area contributed by atoms with Crippen molar-refractivity contribution in [3.05, 3.63) is 62.2 Å². The molecular formula is C15H13N3O7. The van der Waals surface area contributed by atoms with Gasteiger partial charge in [-0.15, -0.1) is 0 Å². The summed E-state index contributed by atoms with van der Waals surface area (Å²) in [5.41, 5.74) is -0.275. The van der Waals surface area contributed by atoms with Crippen molar-refractivity contribution in [3.8, 4) is 17.2 Å². The highest BCUT2D eigenvalue weighted by Crippen LogP contribution is 2.38. The van der Waals surface area contributed by atoms with Crippen LogP contribution in [0.5, 0.6) is 17.2 Å². The SMILES string of the molecule is CO/N=C/c1ccc(Oc2ccc([N+](=O)[O-])cc2[N+](=O)[O-])c(OC)c1. The first-order chi connectivity index (χ1) is 12.0. The Kier molecular flexibility index (Phi) is 5.46. The van der Waals surface area contributed by atoms with Crippen molar-refractivity contribution < 1.29 is 24.2 Å². The van der Waals surface area contributed by atoms with Crippen LogP contribution in [0.1, 0.15) is 5.56 Å². The Labute approximate surface area is 141 Å². The van der Waals surface area contributed by atoms with Crippen molar-refractivity contribution in [1.82, 2.24) is 0 Å². The Morgan fingerprint density at radius 3 is 2.28 bits per heavy atom. The van der Waals surface area contributed by atoms with Gasteiger partial charge in [0.05, 0.1) is 29.2 Å². The van der Waals surface area contributed by atoms with Crippen LogP contribution < -0.4 is 9.47 Å². The summed E-state index contributed by atoms with van der Waals surface area (Å²) >= 11 is 0. The van der Waals surface area contributed by atoms with Crippen LogP contribution in [-0.2, 0) is 4.84 Å². The van der Waals surface area contributed by atoms with Crippen LogP contribution in [0.4, 0.5) is 11.4 Å². The van der Waals surface area contributed by atoms with Crippen molar-refractivity contribution in [2.75, 3.05) is 14.2 Å². The first-order valence-electron chi connectivity index (χ1n) is 6.81. The van der Waals surface area contributed by atoms with Crippen molar-refractivity contribution in [2.24, 2.45) is 5.16 Å². The Hall–Kier alpha value is -3.69. The number of benzene rings is 2. The van der Waals surface area contributed by atoms with Crippen molar-refractivity contribution in [3.63, 3.8) is 0 Å². The molecule has 10 heteroatoms. The predicted molar refractivity (Wildman–Crippen MR) is 87.4 cm³/mol. The molecule has 25 heavy (non-hydrogen) atoms. The number of hydrogen-bond donors (Lipinski definition) is 0. The normalized spacial score (nSPS) is 10.5. The van der Waals surface area contributed by atoms with E-state index in [4.69, 9.17) is 9.47 Å². The monoisotopic (exact) mass is 347 g/mol.